The maximum atomic E-state index is 12.2. The first-order valence-electron chi connectivity index (χ1n) is 5.98. The van der Waals surface area contributed by atoms with Crippen LogP contribution in [0.15, 0.2) is 45.3 Å². The van der Waals surface area contributed by atoms with Crippen LogP contribution >= 0.6 is 31.9 Å². The van der Waals surface area contributed by atoms with Crippen molar-refractivity contribution in [1.82, 2.24) is 0 Å². The highest BCUT2D eigenvalue weighted by Gasteiger charge is 2.14. The van der Waals surface area contributed by atoms with Gasteiger partial charge in [-0.25, -0.2) is 4.79 Å². The number of benzene rings is 2. The molecule has 0 aliphatic carbocycles. The number of hydrogen-bond acceptors (Lipinski definition) is 2. The van der Waals surface area contributed by atoms with Gasteiger partial charge in [-0.1, -0.05) is 31.9 Å². The van der Waals surface area contributed by atoms with Gasteiger partial charge >= 0.3 is 5.97 Å². The zero-order valence-corrected chi connectivity index (χ0v) is 14.2. The van der Waals surface area contributed by atoms with Crippen LogP contribution in [-0.2, 0) is 0 Å². The fraction of sp³-hybridized carbons (Fsp3) is 0.0667. The first kappa shape index (κ1) is 15.7. The van der Waals surface area contributed by atoms with Crippen LogP contribution in [0.3, 0.4) is 0 Å². The van der Waals surface area contributed by atoms with E-state index >= 15 is 0 Å². The van der Waals surface area contributed by atoms with E-state index in [9.17, 15) is 14.7 Å². The van der Waals surface area contributed by atoms with Crippen LogP contribution in [0.1, 0.15) is 26.3 Å². The van der Waals surface area contributed by atoms with E-state index in [1.54, 1.807) is 24.3 Å². The molecule has 0 fully saturated rings. The van der Waals surface area contributed by atoms with Crippen molar-refractivity contribution in [2.75, 3.05) is 5.32 Å². The average Bonchev–Trinajstić information content (AvgIpc) is 2.39. The number of carboxylic acids is 1. The van der Waals surface area contributed by atoms with Gasteiger partial charge in [0.25, 0.3) is 5.91 Å². The van der Waals surface area contributed by atoms with Crippen LogP contribution in [0, 0.1) is 6.92 Å². The van der Waals surface area contributed by atoms with Crippen LogP contribution in [0.5, 0.6) is 0 Å². The topological polar surface area (TPSA) is 66.4 Å². The Kier molecular flexibility index (Phi) is 4.80. The number of carbonyl (C=O) groups is 2. The van der Waals surface area contributed by atoms with Crippen molar-refractivity contribution in [2.45, 2.75) is 6.92 Å². The zero-order valence-electron chi connectivity index (χ0n) is 11.0. The minimum atomic E-state index is -1.10. The third kappa shape index (κ3) is 3.92. The lowest BCUT2D eigenvalue weighted by atomic mass is 10.1. The maximum absolute atomic E-state index is 12.2. The molecular formula is C15H11Br2NO3. The van der Waals surface area contributed by atoms with Gasteiger partial charge in [-0.3, -0.25) is 4.79 Å². The number of carboxylic acid groups (broad SMARTS) is 1. The van der Waals surface area contributed by atoms with Crippen molar-refractivity contribution in [2.24, 2.45) is 0 Å². The van der Waals surface area contributed by atoms with Gasteiger partial charge in [-0.2, -0.15) is 0 Å². The molecule has 0 atom stereocenters. The number of anilines is 1. The van der Waals surface area contributed by atoms with Crippen LogP contribution in [0.2, 0.25) is 0 Å². The fourth-order valence-electron chi connectivity index (χ4n) is 1.86. The van der Waals surface area contributed by atoms with E-state index in [2.05, 4.69) is 37.2 Å². The maximum Gasteiger partial charge on any atom is 0.337 e. The summed E-state index contributed by atoms with van der Waals surface area (Å²) in [5.74, 6) is -1.46. The molecule has 108 valence electrons. The van der Waals surface area contributed by atoms with Crippen molar-refractivity contribution < 1.29 is 14.7 Å². The summed E-state index contributed by atoms with van der Waals surface area (Å²) in [5.41, 5.74) is 1.68. The molecule has 2 rings (SSSR count). The second kappa shape index (κ2) is 6.41. The van der Waals surface area contributed by atoms with Gasteiger partial charge in [0.15, 0.2) is 0 Å². The quantitative estimate of drug-likeness (QED) is 0.781. The molecule has 2 aromatic rings. The summed E-state index contributed by atoms with van der Waals surface area (Å²) in [5, 5.41) is 11.8. The Balaban J connectivity index is 2.33. The van der Waals surface area contributed by atoms with Gasteiger partial charge < -0.3 is 10.4 Å². The first-order valence-corrected chi connectivity index (χ1v) is 7.57. The van der Waals surface area contributed by atoms with Crippen LogP contribution in [0.4, 0.5) is 5.69 Å². The Bertz CT molecular complexity index is 709. The molecule has 0 radical (unpaired) electrons. The molecule has 0 saturated heterocycles. The molecule has 0 unspecified atom stereocenters. The van der Waals surface area contributed by atoms with Gasteiger partial charge in [0.1, 0.15) is 0 Å². The summed E-state index contributed by atoms with van der Waals surface area (Å²) in [6, 6.07) is 9.98. The lowest BCUT2D eigenvalue weighted by Gasteiger charge is -2.10. The smallest absolute Gasteiger partial charge is 0.337 e. The van der Waals surface area contributed by atoms with E-state index in [4.69, 9.17) is 0 Å². The van der Waals surface area contributed by atoms with Crippen LogP contribution in [-0.4, -0.2) is 17.0 Å². The van der Waals surface area contributed by atoms with Crippen molar-refractivity contribution >= 4 is 49.4 Å². The lowest BCUT2D eigenvalue weighted by Crippen LogP contribution is -2.15. The molecule has 21 heavy (non-hydrogen) atoms. The second-order valence-corrected chi connectivity index (χ2v) is 6.30. The lowest BCUT2D eigenvalue weighted by molar-refractivity contribution is 0.0698. The number of aryl methyl sites for hydroxylation is 1. The first-order chi connectivity index (χ1) is 9.86. The van der Waals surface area contributed by atoms with E-state index in [0.717, 1.165) is 10.0 Å². The molecule has 2 N–H and O–H groups in total. The molecule has 0 heterocycles. The molecule has 0 saturated carbocycles. The summed E-state index contributed by atoms with van der Waals surface area (Å²) in [4.78, 5) is 23.5. The van der Waals surface area contributed by atoms with Crippen molar-refractivity contribution in [3.05, 3.63) is 62.0 Å². The molecule has 6 heteroatoms. The predicted molar refractivity (Wildman–Crippen MR) is 87.9 cm³/mol. The summed E-state index contributed by atoms with van der Waals surface area (Å²) in [6.45, 7) is 1.88. The molecule has 0 aliphatic rings. The highest BCUT2D eigenvalue weighted by molar-refractivity contribution is 9.10. The largest absolute Gasteiger partial charge is 0.478 e. The Morgan fingerprint density at radius 2 is 1.76 bits per heavy atom. The van der Waals surface area contributed by atoms with Gasteiger partial charge in [-0.05, 0) is 48.9 Å². The van der Waals surface area contributed by atoms with E-state index < -0.39 is 5.97 Å². The molecular weight excluding hydrogens is 402 g/mol. The highest BCUT2D eigenvalue weighted by Crippen LogP contribution is 2.22. The Hall–Kier alpha value is -1.66. The highest BCUT2D eigenvalue weighted by atomic mass is 79.9. The third-order valence-corrected chi connectivity index (χ3v) is 3.72. The molecule has 0 bridgehead atoms. The van der Waals surface area contributed by atoms with Crippen molar-refractivity contribution in [1.29, 1.82) is 0 Å². The Morgan fingerprint density at radius 3 is 2.38 bits per heavy atom. The molecule has 0 aliphatic heterocycles. The molecule has 0 aromatic heterocycles. The van der Waals surface area contributed by atoms with Gasteiger partial charge in [0.05, 0.1) is 11.3 Å². The van der Waals surface area contributed by atoms with Crippen LogP contribution in [0.25, 0.3) is 0 Å². The predicted octanol–water partition coefficient (Wildman–Crippen LogP) is 4.47. The number of rotatable bonds is 3. The number of nitrogens with one attached hydrogen (secondary N) is 1. The average molecular weight is 413 g/mol. The number of aromatic carboxylic acids is 1. The summed E-state index contributed by atoms with van der Waals surface area (Å²) < 4.78 is 1.43. The number of amides is 1. The fourth-order valence-corrected chi connectivity index (χ4v) is 2.83. The molecule has 2 aromatic carbocycles. The zero-order chi connectivity index (χ0) is 15.6. The number of carbonyl (C=O) groups excluding carboxylic acids is 1. The van der Waals surface area contributed by atoms with E-state index in [-0.39, 0.29) is 17.2 Å². The molecule has 4 nitrogen and oxygen atoms in total. The molecule has 0 spiro atoms. The monoisotopic (exact) mass is 411 g/mol. The summed E-state index contributed by atoms with van der Waals surface area (Å²) >= 11 is 6.55. The van der Waals surface area contributed by atoms with Gasteiger partial charge in [-0.15, -0.1) is 0 Å². The summed E-state index contributed by atoms with van der Waals surface area (Å²) in [7, 11) is 0. The Morgan fingerprint density at radius 1 is 1.05 bits per heavy atom. The van der Waals surface area contributed by atoms with Crippen molar-refractivity contribution in [3.8, 4) is 0 Å². The van der Waals surface area contributed by atoms with Crippen molar-refractivity contribution in [3.63, 3.8) is 0 Å². The number of halogens is 2. The third-order valence-electron chi connectivity index (χ3n) is 2.76. The van der Waals surface area contributed by atoms with Crippen LogP contribution < -0.4 is 5.32 Å². The van der Waals surface area contributed by atoms with Gasteiger partial charge in [0.2, 0.25) is 0 Å². The molecule has 1 amide bonds. The van der Waals surface area contributed by atoms with Gasteiger partial charge in [0, 0.05) is 14.5 Å². The minimum Gasteiger partial charge on any atom is -0.478 e. The SMILES string of the molecule is Cc1cc(Br)cc(C(=O)Nc2ccc(Br)cc2C(=O)O)c1. The minimum absolute atomic E-state index is 0.0319. The summed E-state index contributed by atoms with van der Waals surface area (Å²) in [6.07, 6.45) is 0. The normalized spacial score (nSPS) is 10.2. The van der Waals surface area contributed by atoms with E-state index in [0.29, 0.717) is 10.0 Å². The van der Waals surface area contributed by atoms with E-state index in [1.807, 2.05) is 13.0 Å². The Labute approximate surface area is 138 Å². The number of hydrogen-bond donors (Lipinski definition) is 2. The van der Waals surface area contributed by atoms with E-state index in [1.165, 1.54) is 6.07 Å². The standard InChI is InChI=1S/C15H11Br2NO3/c1-8-4-9(6-11(17)5-8)14(19)18-13-3-2-10(16)7-12(13)15(20)21/h2-7H,1H3,(H,18,19)(H,20,21). The second-order valence-electron chi connectivity index (χ2n) is 4.47.